The van der Waals surface area contributed by atoms with Gasteiger partial charge in [-0.2, -0.15) is 0 Å². The summed E-state index contributed by atoms with van der Waals surface area (Å²) in [5, 5.41) is 13.6. The summed E-state index contributed by atoms with van der Waals surface area (Å²) in [6.45, 7) is 0.126. The van der Waals surface area contributed by atoms with E-state index in [9.17, 15) is 14.7 Å². The third kappa shape index (κ3) is 4.52. The molecule has 1 aromatic heterocycles. The molecule has 0 bridgehead atoms. The molecule has 0 aliphatic carbocycles. The number of carbonyl (C=O) groups is 2. The lowest BCUT2D eigenvalue weighted by molar-refractivity contribution is -0.118. The molecule has 150 valence electrons. The maximum absolute atomic E-state index is 12.6. The summed E-state index contributed by atoms with van der Waals surface area (Å²) in [5.74, 6) is -0.114. The molecule has 0 fully saturated rings. The third-order valence-corrected chi connectivity index (χ3v) is 5.43. The van der Waals surface area contributed by atoms with Crippen LogP contribution in [0, 0.1) is 0 Å². The highest BCUT2D eigenvalue weighted by atomic mass is 32.2. The maximum atomic E-state index is 12.6. The van der Waals surface area contributed by atoms with Crippen molar-refractivity contribution in [2.24, 2.45) is 0 Å². The van der Waals surface area contributed by atoms with Gasteiger partial charge in [0.25, 0.3) is 0 Å². The minimum atomic E-state index is -0.195. The van der Waals surface area contributed by atoms with Crippen LogP contribution in [-0.2, 0) is 11.3 Å². The Morgan fingerprint density at radius 1 is 0.967 bits per heavy atom. The molecule has 0 saturated heterocycles. The SMILES string of the molecule is O=C(CSc1nc2ccccc2[nH]1)NCc1cc(C(=O)c2ccccc2)ccc1O. The van der Waals surface area contributed by atoms with Crippen molar-refractivity contribution in [2.75, 3.05) is 5.75 Å². The van der Waals surface area contributed by atoms with Gasteiger partial charge >= 0.3 is 0 Å². The standard InChI is InChI=1S/C23H19N3O3S/c27-20-11-10-16(22(29)15-6-2-1-3-7-15)12-17(20)13-24-21(28)14-30-23-25-18-8-4-5-9-19(18)26-23/h1-12,27H,13-14H2,(H,24,28)(H,25,26). The fourth-order valence-electron chi connectivity index (χ4n) is 3.00. The number of aromatic hydroxyl groups is 1. The second kappa shape index (κ2) is 8.84. The van der Waals surface area contributed by atoms with Crippen LogP contribution in [0.1, 0.15) is 21.5 Å². The van der Waals surface area contributed by atoms with Crippen LogP contribution >= 0.6 is 11.8 Å². The van der Waals surface area contributed by atoms with Crippen LogP contribution in [0.25, 0.3) is 11.0 Å². The number of aromatic nitrogens is 2. The number of H-pyrrole nitrogens is 1. The van der Waals surface area contributed by atoms with Crippen molar-refractivity contribution >= 4 is 34.5 Å². The molecule has 4 rings (SSSR count). The maximum Gasteiger partial charge on any atom is 0.230 e. The summed E-state index contributed by atoms with van der Waals surface area (Å²) in [6, 6.07) is 21.3. The number of hydrogen-bond acceptors (Lipinski definition) is 5. The largest absolute Gasteiger partial charge is 0.508 e. The third-order valence-electron chi connectivity index (χ3n) is 4.56. The van der Waals surface area contributed by atoms with Gasteiger partial charge in [-0.15, -0.1) is 0 Å². The van der Waals surface area contributed by atoms with Gasteiger partial charge in [-0.05, 0) is 30.3 Å². The number of hydrogen-bond donors (Lipinski definition) is 3. The van der Waals surface area contributed by atoms with Crippen LogP contribution < -0.4 is 5.32 Å². The van der Waals surface area contributed by atoms with E-state index in [1.165, 1.54) is 17.8 Å². The van der Waals surface area contributed by atoms with Gasteiger partial charge in [-0.1, -0.05) is 54.2 Å². The molecule has 4 aromatic rings. The number of thioether (sulfide) groups is 1. The minimum Gasteiger partial charge on any atom is -0.508 e. The molecule has 30 heavy (non-hydrogen) atoms. The van der Waals surface area contributed by atoms with Crippen LogP contribution in [0.15, 0.2) is 78.0 Å². The molecule has 3 aromatic carbocycles. The fourth-order valence-corrected chi connectivity index (χ4v) is 3.72. The molecular formula is C23H19N3O3S. The van der Waals surface area contributed by atoms with Crippen LogP contribution in [0.3, 0.4) is 0 Å². The molecular weight excluding hydrogens is 398 g/mol. The lowest BCUT2D eigenvalue weighted by Crippen LogP contribution is -2.24. The number of nitrogens with one attached hydrogen (secondary N) is 2. The Morgan fingerprint density at radius 3 is 2.53 bits per heavy atom. The number of aromatic amines is 1. The first-order chi connectivity index (χ1) is 14.6. The number of imidazole rings is 1. The lowest BCUT2D eigenvalue weighted by atomic mass is 10.0. The second-order valence-corrected chi connectivity index (χ2v) is 7.63. The van der Waals surface area contributed by atoms with E-state index in [-0.39, 0.29) is 29.7 Å². The number of ketones is 1. The van der Waals surface area contributed by atoms with Crippen molar-refractivity contribution < 1.29 is 14.7 Å². The van der Waals surface area contributed by atoms with Crippen LogP contribution in [-0.4, -0.2) is 32.5 Å². The predicted octanol–water partition coefficient (Wildman–Crippen LogP) is 3.91. The highest BCUT2D eigenvalue weighted by Gasteiger charge is 2.13. The van der Waals surface area contributed by atoms with Crippen molar-refractivity contribution in [3.8, 4) is 5.75 Å². The van der Waals surface area contributed by atoms with E-state index in [0.717, 1.165) is 11.0 Å². The predicted molar refractivity (Wildman–Crippen MR) is 117 cm³/mol. The van der Waals surface area contributed by atoms with E-state index in [4.69, 9.17) is 0 Å². The van der Waals surface area contributed by atoms with Gasteiger partial charge in [0.2, 0.25) is 5.91 Å². The van der Waals surface area contributed by atoms with Gasteiger partial charge in [0.05, 0.1) is 16.8 Å². The molecule has 0 aliphatic rings. The van der Waals surface area contributed by atoms with E-state index >= 15 is 0 Å². The zero-order valence-electron chi connectivity index (χ0n) is 16.0. The Balaban J connectivity index is 1.36. The van der Waals surface area contributed by atoms with E-state index < -0.39 is 0 Å². The van der Waals surface area contributed by atoms with Gasteiger partial charge in [-0.3, -0.25) is 9.59 Å². The number of carbonyl (C=O) groups excluding carboxylic acids is 2. The molecule has 0 atom stereocenters. The highest BCUT2D eigenvalue weighted by molar-refractivity contribution is 7.99. The van der Waals surface area contributed by atoms with Gasteiger partial charge in [0.1, 0.15) is 5.75 Å². The monoisotopic (exact) mass is 417 g/mol. The average Bonchev–Trinajstić information content (AvgIpc) is 3.20. The summed E-state index contributed by atoms with van der Waals surface area (Å²) in [4.78, 5) is 32.4. The number of para-hydroxylation sites is 2. The van der Waals surface area contributed by atoms with Crippen LogP contribution in [0.5, 0.6) is 5.75 Å². The number of nitrogens with zero attached hydrogens (tertiary/aromatic N) is 1. The average molecular weight is 417 g/mol. The fraction of sp³-hybridized carbons (Fsp3) is 0.0870. The van der Waals surface area contributed by atoms with Crippen LogP contribution in [0.2, 0.25) is 0 Å². The molecule has 0 radical (unpaired) electrons. The Bertz CT molecular complexity index is 1170. The normalized spacial score (nSPS) is 10.8. The molecule has 0 spiro atoms. The highest BCUT2D eigenvalue weighted by Crippen LogP contribution is 2.21. The van der Waals surface area contributed by atoms with Gasteiger partial charge in [0, 0.05) is 23.2 Å². The number of phenols is 1. The van der Waals surface area contributed by atoms with Crippen molar-refractivity contribution in [1.82, 2.24) is 15.3 Å². The first-order valence-electron chi connectivity index (χ1n) is 9.36. The molecule has 0 aliphatic heterocycles. The molecule has 1 amide bonds. The van der Waals surface area contributed by atoms with Gasteiger partial charge in [0.15, 0.2) is 10.9 Å². The molecule has 3 N–H and O–H groups in total. The zero-order chi connectivity index (χ0) is 20.9. The first kappa shape index (κ1) is 19.7. The van der Waals surface area contributed by atoms with Crippen molar-refractivity contribution in [1.29, 1.82) is 0 Å². The van der Waals surface area contributed by atoms with Crippen molar-refractivity contribution in [2.45, 2.75) is 11.7 Å². The summed E-state index contributed by atoms with van der Waals surface area (Å²) >= 11 is 1.30. The summed E-state index contributed by atoms with van der Waals surface area (Å²) in [7, 11) is 0. The number of amides is 1. The molecule has 7 heteroatoms. The number of benzene rings is 3. The van der Waals surface area contributed by atoms with E-state index in [1.54, 1.807) is 36.4 Å². The number of phenolic OH excluding ortho intramolecular Hbond substituents is 1. The summed E-state index contributed by atoms with van der Waals surface area (Å²) < 4.78 is 0. The van der Waals surface area contributed by atoms with Gasteiger partial charge in [-0.25, -0.2) is 4.98 Å². The Kier molecular flexibility index (Phi) is 5.81. The minimum absolute atomic E-state index is 0.0323. The second-order valence-electron chi connectivity index (χ2n) is 6.66. The van der Waals surface area contributed by atoms with Crippen molar-refractivity contribution in [3.05, 3.63) is 89.5 Å². The Morgan fingerprint density at radius 2 is 1.73 bits per heavy atom. The molecule has 0 saturated carbocycles. The smallest absolute Gasteiger partial charge is 0.230 e. The van der Waals surface area contributed by atoms with Gasteiger partial charge < -0.3 is 15.4 Å². The molecule has 0 unspecified atom stereocenters. The summed E-state index contributed by atoms with van der Waals surface area (Å²) in [5.41, 5.74) is 3.29. The quantitative estimate of drug-likeness (QED) is 0.313. The topological polar surface area (TPSA) is 95.1 Å². The van der Waals surface area contributed by atoms with E-state index in [0.29, 0.717) is 21.8 Å². The molecule has 1 heterocycles. The lowest BCUT2D eigenvalue weighted by Gasteiger charge is -2.09. The molecule has 6 nitrogen and oxygen atoms in total. The number of fused-ring (bicyclic) bond motifs is 1. The van der Waals surface area contributed by atoms with E-state index in [2.05, 4.69) is 15.3 Å². The first-order valence-corrected chi connectivity index (χ1v) is 10.3. The zero-order valence-corrected chi connectivity index (χ0v) is 16.8. The van der Waals surface area contributed by atoms with Crippen molar-refractivity contribution in [3.63, 3.8) is 0 Å². The van der Waals surface area contributed by atoms with Crippen LogP contribution in [0.4, 0.5) is 0 Å². The van der Waals surface area contributed by atoms with E-state index in [1.807, 2.05) is 30.3 Å². The summed E-state index contributed by atoms with van der Waals surface area (Å²) in [6.07, 6.45) is 0. The Labute approximate surface area is 177 Å². The Hall–Kier alpha value is -3.58. The number of rotatable bonds is 7.